The Balaban J connectivity index is 2.91. The number of benzene rings is 1. The van der Waals surface area contributed by atoms with E-state index in [1.165, 1.54) is 0 Å². The number of aromatic hydroxyl groups is 1. The summed E-state index contributed by atoms with van der Waals surface area (Å²) in [5, 5.41) is 10.4. The molecule has 2 aromatic rings. The van der Waals surface area contributed by atoms with Gasteiger partial charge in [0.2, 0.25) is 0 Å². The molecule has 66 valence electrons. The Kier molecular flexibility index (Phi) is 1.59. The topological polar surface area (TPSA) is 53.1 Å². The van der Waals surface area contributed by atoms with Crippen LogP contribution >= 0.6 is 0 Å². The SMILES string of the molecule is Cc1c[nH]c2ccc(C=O)c(O)c12. The summed E-state index contributed by atoms with van der Waals surface area (Å²) < 4.78 is 0. The van der Waals surface area contributed by atoms with E-state index in [4.69, 9.17) is 0 Å². The molecule has 1 aromatic heterocycles. The molecule has 1 heterocycles. The zero-order chi connectivity index (χ0) is 9.42. The fourth-order valence-corrected chi connectivity index (χ4v) is 1.48. The highest BCUT2D eigenvalue weighted by molar-refractivity contribution is 5.96. The van der Waals surface area contributed by atoms with Gasteiger partial charge in [0.05, 0.1) is 5.56 Å². The number of aryl methyl sites for hydroxylation is 1. The van der Waals surface area contributed by atoms with Crippen LogP contribution in [0.4, 0.5) is 0 Å². The summed E-state index contributed by atoms with van der Waals surface area (Å²) in [5.74, 6) is 0.0613. The van der Waals surface area contributed by atoms with Crippen LogP contribution in [0.15, 0.2) is 18.3 Å². The van der Waals surface area contributed by atoms with Crippen LogP contribution in [0.2, 0.25) is 0 Å². The Labute approximate surface area is 75.0 Å². The summed E-state index contributed by atoms with van der Waals surface area (Å²) in [7, 11) is 0. The van der Waals surface area contributed by atoms with E-state index in [2.05, 4.69) is 4.98 Å². The van der Waals surface area contributed by atoms with Crippen molar-refractivity contribution in [2.24, 2.45) is 0 Å². The maximum atomic E-state index is 10.5. The van der Waals surface area contributed by atoms with Crippen molar-refractivity contribution in [2.45, 2.75) is 6.92 Å². The van der Waals surface area contributed by atoms with Gasteiger partial charge in [0.15, 0.2) is 6.29 Å². The van der Waals surface area contributed by atoms with Crippen LogP contribution in [-0.4, -0.2) is 16.4 Å². The number of hydrogen-bond donors (Lipinski definition) is 2. The van der Waals surface area contributed by atoms with Gasteiger partial charge in [0.25, 0.3) is 0 Å². The highest BCUT2D eigenvalue weighted by atomic mass is 16.3. The van der Waals surface area contributed by atoms with Gasteiger partial charge in [-0.25, -0.2) is 0 Å². The molecule has 0 atom stereocenters. The summed E-state index contributed by atoms with van der Waals surface area (Å²) in [6.07, 6.45) is 2.46. The summed E-state index contributed by atoms with van der Waals surface area (Å²) >= 11 is 0. The number of hydrogen-bond acceptors (Lipinski definition) is 2. The van der Waals surface area contributed by atoms with Crippen LogP contribution < -0.4 is 0 Å². The fraction of sp³-hybridized carbons (Fsp3) is 0.100. The molecule has 2 rings (SSSR count). The zero-order valence-corrected chi connectivity index (χ0v) is 7.16. The third-order valence-corrected chi connectivity index (χ3v) is 2.17. The lowest BCUT2D eigenvalue weighted by molar-refractivity contribution is 0.112. The van der Waals surface area contributed by atoms with Gasteiger partial charge in [-0.3, -0.25) is 4.79 Å². The highest BCUT2D eigenvalue weighted by Gasteiger charge is 2.08. The Hall–Kier alpha value is -1.77. The van der Waals surface area contributed by atoms with Crippen molar-refractivity contribution >= 4 is 17.2 Å². The largest absolute Gasteiger partial charge is 0.506 e. The van der Waals surface area contributed by atoms with E-state index in [0.29, 0.717) is 11.8 Å². The third-order valence-electron chi connectivity index (χ3n) is 2.17. The van der Waals surface area contributed by atoms with E-state index in [0.717, 1.165) is 16.5 Å². The molecule has 13 heavy (non-hydrogen) atoms. The highest BCUT2D eigenvalue weighted by Crippen LogP contribution is 2.29. The smallest absolute Gasteiger partial charge is 0.153 e. The number of fused-ring (bicyclic) bond motifs is 1. The minimum absolute atomic E-state index is 0.0613. The van der Waals surface area contributed by atoms with Gasteiger partial charge in [-0.1, -0.05) is 0 Å². The van der Waals surface area contributed by atoms with Gasteiger partial charge in [-0.15, -0.1) is 0 Å². The fourth-order valence-electron chi connectivity index (χ4n) is 1.48. The molecule has 0 fully saturated rings. The number of aromatic nitrogens is 1. The first kappa shape index (κ1) is 7.86. The number of nitrogens with one attached hydrogen (secondary N) is 1. The first-order valence-corrected chi connectivity index (χ1v) is 3.99. The third kappa shape index (κ3) is 1.01. The molecule has 3 heteroatoms. The molecule has 3 nitrogen and oxygen atoms in total. The number of carbonyl (C=O) groups is 1. The van der Waals surface area contributed by atoms with Crippen LogP contribution in [0.3, 0.4) is 0 Å². The average Bonchev–Trinajstić information content (AvgIpc) is 2.49. The van der Waals surface area contributed by atoms with Gasteiger partial charge in [-0.2, -0.15) is 0 Å². The van der Waals surface area contributed by atoms with Crippen molar-refractivity contribution in [3.63, 3.8) is 0 Å². The summed E-state index contributed by atoms with van der Waals surface area (Å²) in [4.78, 5) is 13.5. The van der Waals surface area contributed by atoms with Crippen LogP contribution in [-0.2, 0) is 0 Å². The van der Waals surface area contributed by atoms with E-state index >= 15 is 0 Å². The summed E-state index contributed by atoms with van der Waals surface area (Å²) in [6, 6.07) is 3.38. The molecule has 0 radical (unpaired) electrons. The maximum absolute atomic E-state index is 10.5. The number of phenolic OH excluding ortho intramolecular Hbond substituents is 1. The minimum Gasteiger partial charge on any atom is -0.506 e. The quantitative estimate of drug-likeness (QED) is 0.651. The van der Waals surface area contributed by atoms with E-state index in [1.807, 2.05) is 6.92 Å². The van der Waals surface area contributed by atoms with E-state index in [-0.39, 0.29) is 5.75 Å². The Morgan fingerprint density at radius 1 is 1.46 bits per heavy atom. The lowest BCUT2D eigenvalue weighted by atomic mass is 10.1. The average molecular weight is 175 g/mol. The number of aromatic amines is 1. The van der Waals surface area contributed by atoms with Crippen LogP contribution in [0.25, 0.3) is 10.9 Å². The number of phenols is 1. The zero-order valence-electron chi connectivity index (χ0n) is 7.16. The molecule has 1 aromatic carbocycles. The second kappa shape index (κ2) is 2.62. The van der Waals surface area contributed by atoms with Gasteiger partial charge in [-0.05, 0) is 24.6 Å². The molecular weight excluding hydrogens is 166 g/mol. The molecule has 0 aliphatic heterocycles. The Morgan fingerprint density at radius 2 is 2.23 bits per heavy atom. The van der Waals surface area contributed by atoms with Crippen molar-refractivity contribution < 1.29 is 9.90 Å². The summed E-state index contributed by atoms with van der Waals surface area (Å²) in [5.41, 5.74) is 2.12. The van der Waals surface area contributed by atoms with Gasteiger partial charge < -0.3 is 10.1 Å². The van der Waals surface area contributed by atoms with Crippen LogP contribution in [0.5, 0.6) is 5.75 Å². The first-order valence-electron chi connectivity index (χ1n) is 3.99. The molecule has 0 aliphatic rings. The van der Waals surface area contributed by atoms with Crippen molar-refractivity contribution in [2.75, 3.05) is 0 Å². The molecule has 2 N–H and O–H groups in total. The Bertz CT molecular complexity index is 471. The maximum Gasteiger partial charge on any atom is 0.153 e. The molecule has 0 amide bonds. The molecule has 0 spiro atoms. The van der Waals surface area contributed by atoms with Crippen molar-refractivity contribution in [1.29, 1.82) is 0 Å². The van der Waals surface area contributed by atoms with E-state index in [9.17, 15) is 9.90 Å². The number of H-pyrrole nitrogens is 1. The van der Waals surface area contributed by atoms with E-state index < -0.39 is 0 Å². The monoisotopic (exact) mass is 175 g/mol. The van der Waals surface area contributed by atoms with Gasteiger partial charge in [0.1, 0.15) is 5.75 Å². The van der Waals surface area contributed by atoms with Gasteiger partial charge in [0, 0.05) is 17.1 Å². The van der Waals surface area contributed by atoms with Crippen molar-refractivity contribution in [3.05, 3.63) is 29.5 Å². The molecule has 0 aliphatic carbocycles. The minimum atomic E-state index is 0.0613. The number of rotatable bonds is 1. The normalized spacial score (nSPS) is 10.5. The lowest BCUT2D eigenvalue weighted by Gasteiger charge is -1.99. The standard InChI is InChI=1S/C10H9NO2/c1-6-4-11-8-3-2-7(5-12)10(13)9(6)8/h2-5,11,13H,1H3. The second-order valence-corrected chi connectivity index (χ2v) is 3.02. The predicted octanol–water partition coefficient (Wildman–Crippen LogP) is 1.99. The van der Waals surface area contributed by atoms with Crippen LogP contribution in [0.1, 0.15) is 15.9 Å². The Morgan fingerprint density at radius 3 is 2.92 bits per heavy atom. The molecule has 0 saturated carbocycles. The predicted molar refractivity (Wildman–Crippen MR) is 50.1 cm³/mol. The van der Waals surface area contributed by atoms with Crippen LogP contribution in [0, 0.1) is 6.92 Å². The molecular formula is C10H9NO2. The molecule has 0 unspecified atom stereocenters. The van der Waals surface area contributed by atoms with Crippen molar-refractivity contribution in [1.82, 2.24) is 4.98 Å². The molecule has 0 saturated heterocycles. The first-order chi connectivity index (χ1) is 6.24. The molecule has 0 bridgehead atoms. The second-order valence-electron chi connectivity index (χ2n) is 3.02. The number of aldehydes is 1. The van der Waals surface area contributed by atoms with Gasteiger partial charge >= 0.3 is 0 Å². The number of carbonyl (C=O) groups excluding carboxylic acids is 1. The van der Waals surface area contributed by atoms with E-state index in [1.54, 1.807) is 18.3 Å². The lowest BCUT2D eigenvalue weighted by Crippen LogP contribution is -1.82. The van der Waals surface area contributed by atoms with Crippen molar-refractivity contribution in [3.8, 4) is 5.75 Å². The summed E-state index contributed by atoms with van der Waals surface area (Å²) in [6.45, 7) is 1.88.